The van der Waals surface area contributed by atoms with Gasteiger partial charge in [-0.2, -0.15) is 5.10 Å². The minimum absolute atomic E-state index is 0.0142. The van der Waals surface area contributed by atoms with E-state index < -0.39 is 0 Å². The molecule has 7 heteroatoms. The lowest BCUT2D eigenvalue weighted by Crippen LogP contribution is -2.36. The molecule has 0 fully saturated rings. The van der Waals surface area contributed by atoms with Crippen molar-refractivity contribution < 1.29 is 14.3 Å². The van der Waals surface area contributed by atoms with Gasteiger partial charge in [-0.3, -0.25) is 9.59 Å². The average molecular weight is 457 g/mol. The van der Waals surface area contributed by atoms with Crippen molar-refractivity contribution in [1.82, 2.24) is 14.7 Å². The minimum atomic E-state index is -0.260. The Morgan fingerprint density at radius 3 is 2.24 bits per heavy atom. The molecule has 0 aliphatic heterocycles. The van der Waals surface area contributed by atoms with Crippen molar-refractivity contribution >= 4 is 17.6 Å². The van der Waals surface area contributed by atoms with E-state index in [1.807, 2.05) is 30.3 Å². The van der Waals surface area contributed by atoms with Gasteiger partial charge in [0.1, 0.15) is 11.6 Å². The van der Waals surface area contributed by atoms with Gasteiger partial charge >= 0.3 is 0 Å². The molecule has 0 saturated heterocycles. The molecule has 1 N–H and O–H groups in total. The number of methoxy groups -OCH3 is 1. The van der Waals surface area contributed by atoms with E-state index in [1.54, 1.807) is 18.8 Å². The lowest BCUT2D eigenvalue weighted by molar-refractivity contribution is -0.134. The summed E-state index contributed by atoms with van der Waals surface area (Å²) in [6.45, 7) is 14.8. The Bertz CT molecular complexity index is 949. The Hall–Kier alpha value is -2.83. The number of anilines is 1. The minimum Gasteiger partial charge on any atom is -0.497 e. The van der Waals surface area contributed by atoms with Crippen LogP contribution in [0.25, 0.3) is 5.69 Å². The van der Waals surface area contributed by atoms with E-state index in [4.69, 9.17) is 9.84 Å². The Balaban J connectivity index is 2.14. The second-order valence-electron chi connectivity index (χ2n) is 11.1. The van der Waals surface area contributed by atoms with E-state index in [2.05, 4.69) is 53.8 Å². The van der Waals surface area contributed by atoms with Gasteiger partial charge in [0.2, 0.25) is 11.8 Å². The molecule has 2 aromatic rings. The smallest absolute Gasteiger partial charge is 0.245 e. The quantitative estimate of drug-likeness (QED) is 0.604. The van der Waals surface area contributed by atoms with Gasteiger partial charge in [0.15, 0.2) is 0 Å². The van der Waals surface area contributed by atoms with E-state index >= 15 is 0 Å². The molecule has 1 atom stereocenters. The second-order valence-corrected chi connectivity index (χ2v) is 11.1. The summed E-state index contributed by atoms with van der Waals surface area (Å²) in [5.74, 6) is 1.28. The standard InChI is InChI=1S/C26H40N4O3/c1-18(16-25(2,3)4)14-24(32)29(8)17-23(31)27-22-15-21(26(5,6)7)28-30(22)19-10-12-20(33-9)13-11-19/h10-13,15,18H,14,16-17H2,1-9H3,(H,27,31). The summed E-state index contributed by atoms with van der Waals surface area (Å²) in [4.78, 5) is 26.9. The zero-order valence-corrected chi connectivity index (χ0v) is 21.7. The van der Waals surface area contributed by atoms with Crippen LogP contribution in [0.1, 0.15) is 67.0 Å². The summed E-state index contributed by atoms with van der Waals surface area (Å²) in [7, 11) is 3.29. The molecule has 1 heterocycles. The van der Waals surface area contributed by atoms with Crippen LogP contribution in [-0.4, -0.2) is 47.2 Å². The van der Waals surface area contributed by atoms with E-state index in [9.17, 15) is 9.59 Å². The van der Waals surface area contributed by atoms with Crippen LogP contribution >= 0.6 is 0 Å². The molecule has 0 radical (unpaired) electrons. The van der Waals surface area contributed by atoms with Crippen LogP contribution in [0, 0.1) is 11.3 Å². The highest BCUT2D eigenvalue weighted by Crippen LogP contribution is 2.28. The Kier molecular flexibility index (Phi) is 8.33. The second kappa shape index (κ2) is 10.4. The van der Waals surface area contributed by atoms with Crippen LogP contribution in [0.15, 0.2) is 30.3 Å². The molecule has 1 aromatic carbocycles. The van der Waals surface area contributed by atoms with Crippen molar-refractivity contribution in [2.75, 3.05) is 26.0 Å². The molecule has 0 aliphatic rings. The number of hydrogen-bond donors (Lipinski definition) is 1. The first kappa shape index (κ1) is 26.4. The van der Waals surface area contributed by atoms with Crippen LogP contribution in [0.2, 0.25) is 0 Å². The largest absolute Gasteiger partial charge is 0.497 e. The monoisotopic (exact) mass is 456 g/mol. The Morgan fingerprint density at radius 1 is 1.12 bits per heavy atom. The van der Waals surface area contributed by atoms with Gasteiger partial charge in [0.25, 0.3) is 0 Å². The summed E-state index contributed by atoms with van der Waals surface area (Å²) >= 11 is 0. The number of ether oxygens (including phenoxy) is 1. The number of carbonyl (C=O) groups excluding carboxylic acids is 2. The third-order valence-electron chi connectivity index (χ3n) is 5.35. The van der Waals surface area contributed by atoms with Crippen LogP contribution < -0.4 is 10.1 Å². The normalized spacial score (nSPS) is 12.9. The highest BCUT2D eigenvalue weighted by Gasteiger charge is 2.23. The topological polar surface area (TPSA) is 76.5 Å². The third kappa shape index (κ3) is 7.91. The van der Waals surface area contributed by atoms with E-state index in [-0.39, 0.29) is 35.1 Å². The van der Waals surface area contributed by atoms with E-state index in [1.165, 1.54) is 4.90 Å². The molecule has 0 spiro atoms. The van der Waals surface area contributed by atoms with Crippen molar-refractivity contribution in [3.63, 3.8) is 0 Å². The fourth-order valence-corrected chi connectivity index (χ4v) is 3.81. The zero-order chi connectivity index (χ0) is 25.0. The van der Waals surface area contributed by atoms with Crippen molar-refractivity contribution in [2.45, 2.75) is 66.7 Å². The maximum Gasteiger partial charge on any atom is 0.245 e. The number of rotatable bonds is 8. The van der Waals surface area contributed by atoms with Crippen molar-refractivity contribution in [3.8, 4) is 11.4 Å². The number of amides is 2. The van der Waals surface area contributed by atoms with Gasteiger partial charge in [-0.15, -0.1) is 0 Å². The summed E-state index contributed by atoms with van der Waals surface area (Å²) in [5, 5.41) is 7.67. The van der Waals surface area contributed by atoms with Crippen LogP contribution in [-0.2, 0) is 15.0 Å². The molecular weight excluding hydrogens is 416 g/mol. The molecule has 182 valence electrons. The number of hydrogen-bond acceptors (Lipinski definition) is 4. The number of nitrogens with zero attached hydrogens (tertiary/aromatic N) is 3. The van der Waals surface area contributed by atoms with Crippen molar-refractivity contribution in [2.24, 2.45) is 11.3 Å². The number of likely N-dealkylation sites (N-methyl/N-ethyl adjacent to an activating group) is 1. The highest BCUT2D eigenvalue weighted by molar-refractivity contribution is 5.94. The van der Waals surface area contributed by atoms with Gasteiger partial charge in [0.05, 0.1) is 25.0 Å². The van der Waals surface area contributed by atoms with E-state index in [0.717, 1.165) is 23.6 Å². The molecule has 0 saturated carbocycles. The fourth-order valence-electron chi connectivity index (χ4n) is 3.81. The first-order chi connectivity index (χ1) is 15.2. The van der Waals surface area contributed by atoms with Crippen LogP contribution in [0.3, 0.4) is 0 Å². The van der Waals surface area contributed by atoms with Crippen LogP contribution in [0.4, 0.5) is 5.82 Å². The van der Waals surface area contributed by atoms with Gasteiger partial charge in [0, 0.05) is 24.9 Å². The molecule has 0 bridgehead atoms. The number of nitrogens with one attached hydrogen (secondary N) is 1. The number of benzene rings is 1. The van der Waals surface area contributed by atoms with Gasteiger partial charge in [-0.25, -0.2) is 4.68 Å². The summed E-state index contributed by atoms with van der Waals surface area (Å²) in [6.07, 6.45) is 1.38. The first-order valence-electron chi connectivity index (χ1n) is 11.5. The lowest BCUT2D eigenvalue weighted by atomic mass is 9.84. The summed E-state index contributed by atoms with van der Waals surface area (Å²) in [6, 6.07) is 9.37. The van der Waals surface area contributed by atoms with Crippen molar-refractivity contribution in [3.05, 3.63) is 36.0 Å². The Labute approximate surface area is 198 Å². The maximum absolute atomic E-state index is 12.8. The zero-order valence-electron chi connectivity index (χ0n) is 21.7. The molecular formula is C26H40N4O3. The maximum atomic E-state index is 12.8. The molecule has 33 heavy (non-hydrogen) atoms. The van der Waals surface area contributed by atoms with Gasteiger partial charge in [-0.1, -0.05) is 48.5 Å². The summed E-state index contributed by atoms with van der Waals surface area (Å²) in [5.41, 5.74) is 1.64. The predicted octanol–water partition coefficient (Wildman–Crippen LogP) is 5.04. The fraction of sp³-hybridized carbons (Fsp3) is 0.577. The average Bonchev–Trinajstić information content (AvgIpc) is 3.10. The molecule has 2 rings (SSSR count). The first-order valence-corrected chi connectivity index (χ1v) is 11.5. The van der Waals surface area contributed by atoms with Crippen LogP contribution in [0.5, 0.6) is 5.75 Å². The predicted molar refractivity (Wildman–Crippen MR) is 133 cm³/mol. The SMILES string of the molecule is COc1ccc(-n2nc(C(C)(C)C)cc2NC(=O)CN(C)C(=O)CC(C)CC(C)(C)C)cc1. The summed E-state index contributed by atoms with van der Waals surface area (Å²) < 4.78 is 6.96. The molecule has 2 amide bonds. The third-order valence-corrected chi connectivity index (χ3v) is 5.35. The molecule has 7 nitrogen and oxygen atoms in total. The van der Waals surface area contributed by atoms with Gasteiger partial charge < -0.3 is 15.0 Å². The molecule has 0 aliphatic carbocycles. The molecule has 1 unspecified atom stereocenters. The Morgan fingerprint density at radius 2 is 1.73 bits per heavy atom. The van der Waals surface area contributed by atoms with Crippen molar-refractivity contribution in [1.29, 1.82) is 0 Å². The van der Waals surface area contributed by atoms with E-state index in [0.29, 0.717) is 12.2 Å². The number of carbonyl (C=O) groups is 2. The molecule has 1 aromatic heterocycles. The number of aromatic nitrogens is 2. The highest BCUT2D eigenvalue weighted by atomic mass is 16.5. The van der Waals surface area contributed by atoms with Gasteiger partial charge in [-0.05, 0) is 42.0 Å². The lowest BCUT2D eigenvalue weighted by Gasteiger charge is -2.24.